The fourth-order valence-corrected chi connectivity index (χ4v) is 3.56. The molecule has 0 aromatic carbocycles. The Hall–Kier alpha value is 0.450. The Morgan fingerprint density at radius 2 is 1.65 bits per heavy atom. The molecule has 1 aromatic rings. The summed E-state index contributed by atoms with van der Waals surface area (Å²) in [7, 11) is -9.73. The van der Waals surface area contributed by atoms with Gasteiger partial charge in [0, 0.05) is 18.3 Å². The van der Waals surface area contributed by atoms with E-state index in [2.05, 4.69) is 4.98 Å². The van der Waals surface area contributed by atoms with Gasteiger partial charge in [-0.3, -0.25) is 14.1 Å². The first kappa shape index (κ1) is 17.4. The fourth-order valence-electron chi connectivity index (χ4n) is 1.14. The van der Waals surface area contributed by atoms with E-state index in [1.54, 1.807) is 12.1 Å². The topological polar surface area (TPSA) is 128 Å². The second-order valence-corrected chi connectivity index (χ2v) is 7.19. The molecule has 0 aliphatic heterocycles. The van der Waals surface area contributed by atoms with Gasteiger partial charge in [-0.25, -0.2) is 0 Å². The van der Waals surface area contributed by atoms with Gasteiger partial charge in [0.1, 0.15) is 0 Å². The van der Waals surface area contributed by atoms with E-state index >= 15 is 0 Å². The number of hydrogen-bond acceptors (Lipinski definition) is 3. The third kappa shape index (κ3) is 5.75. The van der Waals surface area contributed by atoms with Gasteiger partial charge in [-0.1, -0.05) is 6.07 Å². The molecule has 1 heterocycles. The van der Waals surface area contributed by atoms with Gasteiger partial charge < -0.3 is 19.6 Å². The minimum absolute atomic E-state index is 0. The van der Waals surface area contributed by atoms with Gasteiger partial charge in [0.15, 0.2) is 5.40 Å². The van der Waals surface area contributed by atoms with E-state index in [0.29, 0.717) is 0 Å². The first-order valence-corrected chi connectivity index (χ1v) is 7.58. The number of hydrogen-bond donors (Lipinski definition) is 4. The fraction of sp³-hybridized carbons (Fsp3) is 0.286. The van der Waals surface area contributed by atoms with Crippen LogP contribution in [0.15, 0.2) is 24.4 Å². The smallest absolute Gasteiger partial charge is 0.324 e. The van der Waals surface area contributed by atoms with Crippen LogP contribution in [0.25, 0.3) is 0 Å². The first-order valence-electron chi connectivity index (χ1n) is 4.21. The third-order valence-corrected chi connectivity index (χ3v) is 5.62. The minimum Gasteiger partial charge on any atom is -0.324 e. The summed E-state index contributed by atoms with van der Waals surface area (Å²) in [5.74, 6) is 0. The van der Waals surface area contributed by atoms with Gasteiger partial charge >= 0.3 is 44.7 Å². The van der Waals surface area contributed by atoms with E-state index in [1.807, 2.05) is 0 Å². The average Bonchev–Trinajstić information content (AvgIpc) is 2.12. The van der Waals surface area contributed by atoms with Crippen LogP contribution >= 0.6 is 15.2 Å². The molecule has 0 amide bonds. The van der Waals surface area contributed by atoms with Crippen LogP contribution < -0.4 is 29.6 Å². The molecule has 0 saturated heterocycles. The molecular weight excluding hydrogens is 279 g/mol. The maximum atomic E-state index is 11.0. The molecule has 90 valence electrons. The van der Waals surface area contributed by atoms with Crippen LogP contribution in [0, 0.1) is 0 Å². The van der Waals surface area contributed by atoms with Crippen molar-refractivity contribution < 1.29 is 58.3 Å². The van der Waals surface area contributed by atoms with Crippen molar-refractivity contribution in [3.63, 3.8) is 0 Å². The molecule has 17 heavy (non-hydrogen) atoms. The van der Waals surface area contributed by atoms with Crippen molar-refractivity contribution in [2.75, 3.05) is 0 Å². The molecule has 7 nitrogen and oxygen atoms in total. The Kier molecular flexibility index (Phi) is 6.74. The molecule has 0 aliphatic carbocycles. The van der Waals surface area contributed by atoms with Gasteiger partial charge in [0.2, 0.25) is 0 Å². The van der Waals surface area contributed by atoms with E-state index in [1.165, 1.54) is 12.3 Å². The average molecular weight is 290 g/mol. The van der Waals surface area contributed by atoms with Gasteiger partial charge in [0.05, 0.1) is 0 Å². The summed E-state index contributed by atoms with van der Waals surface area (Å²) in [5, 5.41) is -2.03. The summed E-state index contributed by atoms with van der Waals surface area (Å²) in [6, 6.07) is 4.60. The maximum Gasteiger partial charge on any atom is 1.00 e. The summed E-state index contributed by atoms with van der Waals surface area (Å²) >= 11 is 0. The third-order valence-electron chi connectivity index (χ3n) is 1.89. The summed E-state index contributed by atoms with van der Waals surface area (Å²) in [4.78, 5) is 39.2. The van der Waals surface area contributed by atoms with Crippen LogP contribution in [-0.4, -0.2) is 30.0 Å². The van der Waals surface area contributed by atoms with Crippen molar-refractivity contribution in [3.8, 4) is 0 Å². The van der Waals surface area contributed by atoms with Crippen molar-refractivity contribution in [1.29, 1.82) is 0 Å². The van der Waals surface area contributed by atoms with Crippen LogP contribution in [0.4, 0.5) is 0 Å². The molecule has 0 saturated carbocycles. The van der Waals surface area contributed by atoms with E-state index in [4.69, 9.17) is 19.6 Å². The molecule has 1 aromatic heterocycles. The minimum atomic E-state index is -4.87. The SMILES string of the molecule is O=P(O)(O)C(Cc1ccccn1)P(=O)(O)O.[Na+]. The zero-order chi connectivity index (χ0) is 12.4. The molecule has 0 fully saturated rings. The second kappa shape index (κ2) is 6.57. The van der Waals surface area contributed by atoms with Gasteiger partial charge in [-0.15, -0.1) is 0 Å². The van der Waals surface area contributed by atoms with E-state index < -0.39 is 27.0 Å². The Morgan fingerprint density at radius 3 is 2.00 bits per heavy atom. The van der Waals surface area contributed by atoms with Gasteiger partial charge in [0.25, 0.3) is 0 Å². The summed E-state index contributed by atoms with van der Waals surface area (Å²) in [5.41, 5.74) is 0.221. The molecule has 0 bridgehead atoms. The monoisotopic (exact) mass is 290 g/mol. The van der Waals surface area contributed by atoms with Crippen LogP contribution in [0.2, 0.25) is 0 Å². The normalized spacial score (nSPS) is 12.3. The Bertz CT molecular complexity index is 421. The zero-order valence-corrected chi connectivity index (χ0v) is 12.8. The van der Waals surface area contributed by atoms with Crippen molar-refractivity contribution in [3.05, 3.63) is 30.1 Å². The number of aromatic nitrogens is 1. The molecular formula is C7H11NNaO6P2+. The second-order valence-electron chi connectivity index (χ2n) is 3.18. The van der Waals surface area contributed by atoms with Crippen LogP contribution in [0.3, 0.4) is 0 Å². The van der Waals surface area contributed by atoms with E-state index in [-0.39, 0.29) is 35.3 Å². The predicted octanol–water partition coefficient (Wildman–Crippen LogP) is -2.69. The van der Waals surface area contributed by atoms with Crippen molar-refractivity contribution >= 4 is 15.2 Å². The molecule has 0 atom stereocenters. The summed E-state index contributed by atoms with van der Waals surface area (Å²) in [6.45, 7) is 0. The standard InChI is InChI=1S/C7H11NO6P2.Na/c9-15(10,11)7(16(12,13)14)5-6-3-1-2-4-8-6;/h1-4,7H,5H2,(H2,9,10,11)(H2,12,13,14);/q;+1. The van der Waals surface area contributed by atoms with Gasteiger partial charge in [-0.05, 0) is 12.1 Å². The van der Waals surface area contributed by atoms with Crippen LogP contribution in [-0.2, 0) is 15.6 Å². The van der Waals surface area contributed by atoms with E-state index in [9.17, 15) is 9.13 Å². The molecule has 4 N–H and O–H groups in total. The molecule has 10 heteroatoms. The maximum absolute atomic E-state index is 11.0. The number of nitrogens with zero attached hydrogens (tertiary/aromatic N) is 1. The Morgan fingerprint density at radius 1 is 1.12 bits per heavy atom. The number of pyridine rings is 1. The van der Waals surface area contributed by atoms with Crippen LogP contribution in [0.5, 0.6) is 0 Å². The molecule has 0 unspecified atom stereocenters. The quantitative estimate of drug-likeness (QED) is 0.351. The summed E-state index contributed by atoms with van der Waals surface area (Å²) in [6.07, 6.45) is 0.918. The van der Waals surface area contributed by atoms with E-state index in [0.717, 1.165) is 0 Å². The Balaban J connectivity index is 0.00000256. The molecule has 0 spiro atoms. The largest absolute Gasteiger partial charge is 1.00 e. The number of rotatable bonds is 4. The van der Waals surface area contributed by atoms with Crippen molar-refractivity contribution in [1.82, 2.24) is 4.98 Å². The van der Waals surface area contributed by atoms with Crippen LogP contribution in [0.1, 0.15) is 5.69 Å². The van der Waals surface area contributed by atoms with Crippen molar-refractivity contribution in [2.45, 2.75) is 11.8 Å². The van der Waals surface area contributed by atoms with Gasteiger partial charge in [-0.2, -0.15) is 0 Å². The molecule has 0 aliphatic rings. The van der Waals surface area contributed by atoms with Crippen molar-refractivity contribution in [2.24, 2.45) is 0 Å². The molecule has 0 radical (unpaired) electrons. The zero-order valence-electron chi connectivity index (χ0n) is 9.04. The predicted molar refractivity (Wildman–Crippen MR) is 55.8 cm³/mol. The molecule has 1 rings (SSSR count). The summed E-state index contributed by atoms with van der Waals surface area (Å²) < 4.78 is 21.9. The Labute approximate surface area is 120 Å². The first-order chi connectivity index (χ1) is 7.21.